The SMILES string of the molecule is CCCCCCCCc1ccc(OC(=S)Nc2ccccc2)cc1. The molecule has 128 valence electrons. The topological polar surface area (TPSA) is 21.3 Å². The summed E-state index contributed by atoms with van der Waals surface area (Å²) in [5, 5.41) is 3.44. The highest BCUT2D eigenvalue weighted by atomic mass is 32.1. The van der Waals surface area contributed by atoms with Gasteiger partial charge in [0.05, 0.1) is 0 Å². The summed E-state index contributed by atoms with van der Waals surface area (Å²) >= 11 is 5.24. The molecule has 0 amide bonds. The van der Waals surface area contributed by atoms with Gasteiger partial charge in [-0.15, -0.1) is 0 Å². The molecule has 0 spiro atoms. The van der Waals surface area contributed by atoms with E-state index in [1.54, 1.807) is 0 Å². The van der Waals surface area contributed by atoms with Gasteiger partial charge in [0.15, 0.2) is 0 Å². The van der Waals surface area contributed by atoms with Crippen molar-refractivity contribution >= 4 is 23.1 Å². The molecule has 0 bridgehead atoms. The molecule has 2 aromatic rings. The molecule has 2 aromatic carbocycles. The van der Waals surface area contributed by atoms with Crippen molar-refractivity contribution in [3.63, 3.8) is 0 Å². The van der Waals surface area contributed by atoms with Crippen molar-refractivity contribution in [2.75, 3.05) is 5.32 Å². The first-order chi connectivity index (χ1) is 11.8. The standard InChI is InChI=1S/C21H27NOS/c1-2-3-4-5-6-8-11-18-14-16-20(17-15-18)23-21(24)22-19-12-9-7-10-13-19/h7,9-10,12-17H,2-6,8,11H2,1H3,(H,22,24). The molecule has 24 heavy (non-hydrogen) atoms. The maximum absolute atomic E-state index is 5.66. The van der Waals surface area contributed by atoms with E-state index in [2.05, 4.69) is 24.4 Å². The molecule has 0 fully saturated rings. The summed E-state index contributed by atoms with van der Waals surface area (Å²) in [4.78, 5) is 0. The van der Waals surface area contributed by atoms with Crippen LogP contribution in [0.5, 0.6) is 5.75 Å². The fourth-order valence-corrected chi connectivity index (χ4v) is 2.82. The van der Waals surface area contributed by atoms with Gasteiger partial charge in [-0.1, -0.05) is 69.4 Å². The lowest BCUT2D eigenvalue weighted by molar-refractivity contribution is 0.562. The second-order valence-corrected chi connectivity index (χ2v) is 6.41. The van der Waals surface area contributed by atoms with Crippen LogP contribution >= 0.6 is 12.2 Å². The van der Waals surface area contributed by atoms with Crippen molar-refractivity contribution in [1.29, 1.82) is 0 Å². The molecule has 0 saturated carbocycles. The summed E-state index contributed by atoms with van der Waals surface area (Å²) in [6, 6.07) is 18.1. The Morgan fingerprint density at radius 2 is 1.54 bits per heavy atom. The van der Waals surface area contributed by atoms with Crippen LogP contribution in [0.3, 0.4) is 0 Å². The van der Waals surface area contributed by atoms with Crippen molar-refractivity contribution in [3.8, 4) is 5.75 Å². The summed E-state index contributed by atoms with van der Waals surface area (Å²) in [7, 11) is 0. The highest BCUT2D eigenvalue weighted by molar-refractivity contribution is 7.80. The number of hydrogen-bond acceptors (Lipinski definition) is 2. The Labute approximate surface area is 151 Å². The largest absolute Gasteiger partial charge is 0.432 e. The minimum Gasteiger partial charge on any atom is -0.432 e. The molecule has 1 N–H and O–H groups in total. The third-order valence-corrected chi connectivity index (χ3v) is 4.16. The highest BCUT2D eigenvalue weighted by Gasteiger charge is 2.01. The van der Waals surface area contributed by atoms with E-state index in [1.165, 1.54) is 44.1 Å². The second-order valence-electron chi connectivity index (χ2n) is 6.04. The molecule has 0 atom stereocenters. The fourth-order valence-electron chi connectivity index (χ4n) is 2.61. The summed E-state index contributed by atoms with van der Waals surface area (Å²) in [5.74, 6) is 0.773. The normalized spacial score (nSPS) is 10.4. The summed E-state index contributed by atoms with van der Waals surface area (Å²) in [5.41, 5.74) is 2.29. The van der Waals surface area contributed by atoms with E-state index in [0.717, 1.165) is 17.9 Å². The Balaban J connectivity index is 1.70. The number of nitrogens with one attached hydrogen (secondary N) is 1. The van der Waals surface area contributed by atoms with Crippen LogP contribution in [0.4, 0.5) is 5.69 Å². The number of unbranched alkanes of at least 4 members (excludes halogenated alkanes) is 5. The van der Waals surface area contributed by atoms with E-state index in [1.807, 2.05) is 42.5 Å². The molecule has 0 radical (unpaired) electrons. The van der Waals surface area contributed by atoms with E-state index in [-0.39, 0.29) is 0 Å². The van der Waals surface area contributed by atoms with Crippen molar-refractivity contribution in [1.82, 2.24) is 0 Å². The van der Waals surface area contributed by atoms with Gasteiger partial charge in [0.25, 0.3) is 5.17 Å². The zero-order chi connectivity index (χ0) is 17.0. The predicted molar refractivity (Wildman–Crippen MR) is 107 cm³/mol. The van der Waals surface area contributed by atoms with Crippen LogP contribution in [0, 0.1) is 0 Å². The number of anilines is 1. The molecule has 0 aliphatic heterocycles. The number of ether oxygens (including phenoxy) is 1. The lowest BCUT2D eigenvalue weighted by Gasteiger charge is -2.10. The third kappa shape index (κ3) is 7.14. The van der Waals surface area contributed by atoms with E-state index in [9.17, 15) is 0 Å². The lowest BCUT2D eigenvalue weighted by Crippen LogP contribution is -2.16. The second kappa shape index (κ2) is 10.8. The van der Waals surface area contributed by atoms with Gasteiger partial charge >= 0.3 is 0 Å². The molecule has 2 rings (SSSR count). The minimum atomic E-state index is 0.366. The van der Waals surface area contributed by atoms with Gasteiger partial charge in [-0.3, -0.25) is 0 Å². The summed E-state index contributed by atoms with van der Waals surface area (Å²) in [6.07, 6.45) is 9.12. The Morgan fingerprint density at radius 3 is 2.25 bits per heavy atom. The van der Waals surface area contributed by atoms with Crippen molar-refractivity contribution in [2.45, 2.75) is 51.9 Å². The number of thiocarbonyl (C=S) groups is 1. The number of para-hydroxylation sites is 1. The van der Waals surface area contributed by atoms with Crippen molar-refractivity contribution in [3.05, 3.63) is 60.2 Å². The molecule has 0 unspecified atom stereocenters. The molecule has 0 aliphatic rings. The van der Waals surface area contributed by atoms with Crippen LogP contribution in [-0.2, 0) is 6.42 Å². The molecule has 3 heteroatoms. The van der Waals surface area contributed by atoms with Crippen LogP contribution in [0.25, 0.3) is 0 Å². The van der Waals surface area contributed by atoms with Gasteiger partial charge in [-0.2, -0.15) is 0 Å². The number of benzene rings is 2. The Morgan fingerprint density at radius 1 is 0.875 bits per heavy atom. The molecule has 0 heterocycles. The minimum absolute atomic E-state index is 0.366. The predicted octanol–water partition coefficient (Wildman–Crippen LogP) is 6.37. The van der Waals surface area contributed by atoms with Gasteiger partial charge in [0.2, 0.25) is 0 Å². The van der Waals surface area contributed by atoms with Crippen LogP contribution in [0.15, 0.2) is 54.6 Å². The Bertz CT molecular complexity index is 595. The van der Waals surface area contributed by atoms with Crippen LogP contribution in [0.2, 0.25) is 0 Å². The average Bonchev–Trinajstić information content (AvgIpc) is 2.60. The highest BCUT2D eigenvalue weighted by Crippen LogP contribution is 2.16. The Kier molecular flexibility index (Phi) is 8.33. The first-order valence-electron chi connectivity index (χ1n) is 8.91. The van der Waals surface area contributed by atoms with E-state index < -0.39 is 0 Å². The zero-order valence-corrected chi connectivity index (χ0v) is 15.3. The van der Waals surface area contributed by atoms with Gasteiger partial charge in [0.1, 0.15) is 5.75 Å². The quantitative estimate of drug-likeness (QED) is 0.423. The number of hydrogen-bond donors (Lipinski definition) is 1. The molecule has 0 aromatic heterocycles. The van der Waals surface area contributed by atoms with Crippen LogP contribution < -0.4 is 10.1 Å². The molecular formula is C21H27NOS. The zero-order valence-electron chi connectivity index (χ0n) is 14.5. The smallest absolute Gasteiger partial charge is 0.266 e. The number of rotatable bonds is 9. The fraction of sp³-hybridized carbons (Fsp3) is 0.381. The maximum atomic E-state index is 5.66. The third-order valence-electron chi connectivity index (χ3n) is 3.97. The van der Waals surface area contributed by atoms with E-state index >= 15 is 0 Å². The van der Waals surface area contributed by atoms with Gasteiger partial charge in [0, 0.05) is 5.69 Å². The van der Waals surface area contributed by atoms with Crippen molar-refractivity contribution in [2.24, 2.45) is 0 Å². The first-order valence-corrected chi connectivity index (χ1v) is 9.31. The van der Waals surface area contributed by atoms with Gasteiger partial charge in [-0.25, -0.2) is 0 Å². The van der Waals surface area contributed by atoms with Crippen molar-refractivity contribution < 1.29 is 4.74 Å². The number of aryl methyl sites for hydroxylation is 1. The first kappa shape index (κ1) is 18.5. The summed E-state index contributed by atoms with van der Waals surface area (Å²) in [6.45, 7) is 2.25. The molecular weight excluding hydrogens is 314 g/mol. The molecule has 2 nitrogen and oxygen atoms in total. The van der Waals surface area contributed by atoms with Gasteiger partial charge < -0.3 is 10.1 Å². The Hall–Kier alpha value is -1.87. The monoisotopic (exact) mass is 341 g/mol. The average molecular weight is 342 g/mol. The summed E-state index contributed by atoms with van der Waals surface area (Å²) < 4.78 is 5.66. The maximum Gasteiger partial charge on any atom is 0.266 e. The van der Waals surface area contributed by atoms with Gasteiger partial charge in [-0.05, 0) is 54.9 Å². The van der Waals surface area contributed by atoms with E-state index in [4.69, 9.17) is 17.0 Å². The lowest BCUT2D eigenvalue weighted by atomic mass is 10.1. The molecule has 0 saturated heterocycles. The molecule has 0 aliphatic carbocycles. The van der Waals surface area contributed by atoms with Crippen LogP contribution in [0.1, 0.15) is 51.0 Å². The van der Waals surface area contributed by atoms with E-state index in [0.29, 0.717) is 5.17 Å². The van der Waals surface area contributed by atoms with Crippen LogP contribution in [-0.4, -0.2) is 5.17 Å².